The Kier molecular flexibility index (Phi) is 6.11. The van der Waals surface area contributed by atoms with E-state index in [2.05, 4.69) is 20.6 Å². The molecule has 28 heavy (non-hydrogen) atoms. The maximum absolute atomic E-state index is 12.7. The van der Waals surface area contributed by atoms with Gasteiger partial charge in [-0.1, -0.05) is 36.7 Å². The predicted octanol–water partition coefficient (Wildman–Crippen LogP) is 5.01. The molecule has 0 aliphatic heterocycles. The Hall–Kier alpha value is -3.12. The number of anilines is 3. The topological polar surface area (TPSA) is 76.1 Å². The number of nitrogens with zero attached hydrogens (tertiary/aromatic N) is 2. The van der Waals surface area contributed by atoms with E-state index in [1.54, 1.807) is 38.3 Å². The van der Waals surface area contributed by atoms with Gasteiger partial charge in [0.1, 0.15) is 11.4 Å². The van der Waals surface area contributed by atoms with Crippen LogP contribution in [-0.2, 0) is 6.42 Å². The summed E-state index contributed by atoms with van der Waals surface area (Å²) in [7, 11) is 1.57. The van der Waals surface area contributed by atoms with E-state index >= 15 is 0 Å². The summed E-state index contributed by atoms with van der Waals surface area (Å²) in [4.78, 5) is 21.5. The van der Waals surface area contributed by atoms with E-state index in [9.17, 15) is 4.79 Å². The number of nitrogens with one attached hydrogen (secondary N) is 2. The highest BCUT2D eigenvalue weighted by Crippen LogP contribution is 2.29. The summed E-state index contributed by atoms with van der Waals surface area (Å²) in [5, 5.41) is 6.55. The lowest BCUT2D eigenvalue weighted by Gasteiger charge is -2.13. The van der Waals surface area contributed by atoms with Gasteiger partial charge < -0.3 is 15.4 Å². The van der Waals surface area contributed by atoms with Crippen molar-refractivity contribution < 1.29 is 9.53 Å². The Morgan fingerprint density at radius 3 is 2.64 bits per heavy atom. The minimum absolute atomic E-state index is 0.266. The van der Waals surface area contributed by atoms with Crippen molar-refractivity contribution >= 4 is 34.8 Å². The zero-order valence-electron chi connectivity index (χ0n) is 15.9. The number of halogens is 1. The summed E-state index contributed by atoms with van der Waals surface area (Å²) in [5.74, 6) is 0.583. The van der Waals surface area contributed by atoms with Gasteiger partial charge in [-0.15, -0.1) is 0 Å². The number of hydrogen-bond donors (Lipinski definition) is 2. The fourth-order valence-electron chi connectivity index (χ4n) is 2.78. The molecule has 0 fully saturated rings. The van der Waals surface area contributed by atoms with Crippen molar-refractivity contribution in [1.82, 2.24) is 9.97 Å². The molecule has 6 nitrogen and oxygen atoms in total. The van der Waals surface area contributed by atoms with Crippen LogP contribution in [0.5, 0.6) is 5.75 Å². The molecule has 144 valence electrons. The minimum atomic E-state index is -0.299. The Labute approximate surface area is 168 Å². The monoisotopic (exact) mass is 396 g/mol. The van der Waals surface area contributed by atoms with Crippen LogP contribution in [0.3, 0.4) is 0 Å². The van der Waals surface area contributed by atoms with Gasteiger partial charge in [-0.2, -0.15) is 0 Å². The molecule has 0 bridgehead atoms. The highest BCUT2D eigenvalue weighted by Gasteiger charge is 2.14. The smallest absolute Gasteiger partial charge is 0.274 e. The van der Waals surface area contributed by atoms with Gasteiger partial charge in [0, 0.05) is 16.4 Å². The lowest BCUT2D eigenvalue weighted by molar-refractivity contribution is 0.102. The van der Waals surface area contributed by atoms with Crippen molar-refractivity contribution in [3.63, 3.8) is 0 Å². The summed E-state index contributed by atoms with van der Waals surface area (Å²) in [6.07, 6.45) is 0.820. The summed E-state index contributed by atoms with van der Waals surface area (Å²) in [5.41, 5.74) is 3.37. The molecule has 2 N–H and O–H groups in total. The molecule has 0 saturated heterocycles. The van der Waals surface area contributed by atoms with Gasteiger partial charge in [-0.3, -0.25) is 4.79 Å². The summed E-state index contributed by atoms with van der Waals surface area (Å²) >= 11 is 6.07. The number of carbonyl (C=O) groups excluding carboxylic acids is 1. The number of para-hydroxylation sites is 1. The molecule has 0 unspecified atom stereocenters. The van der Waals surface area contributed by atoms with Crippen LogP contribution in [0.2, 0.25) is 5.02 Å². The number of hydrogen-bond acceptors (Lipinski definition) is 5. The number of amides is 1. The Bertz CT molecular complexity index is 1010. The molecule has 0 aliphatic rings. The van der Waals surface area contributed by atoms with E-state index in [-0.39, 0.29) is 17.5 Å². The lowest BCUT2D eigenvalue weighted by atomic mass is 10.1. The second-order valence-electron chi connectivity index (χ2n) is 6.15. The summed E-state index contributed by atoms with van der Waals surface area (Å²) in [6, 6.07) is 14.5. The van der Waals surface area contributed by atoms with E-state index in [0.29, 0.717) is 22.2 Å². The first-order valence-electron chi connectivity index (χ1n) is 8.85. The summed E-state index contributed by atoms with van der Waals surface area (Å²) in [6.45, 7) is 3.85. The van der Waals surface area contributed by atoms with Gasteiger partial charge in [0.2, 0.25) is 5.95 Å². The van der Waals surface area contributed by atoms with Crippen LogP contribution in [0, 0.1) is 6.92 Å². The van der Waals surface area contributed by atoms with Crippen molar-refractivity contribution in [3.05, 3.63) is 70.5 Å². The van der Waals surface area contributed by atoms with E-state index in [0.717, 1.165) is 17.7 Å². The SMILES string of the molecule is CCc1ccccc1NC(=O)c1cc(C)nc(Nc2cc(Cl)ccc2OC)n1. The molecule has 0 atom stereocenters. The van der Waals surface area contributed by atoms with Crippen LogP contribution in [0.1, 0.15) is 28.7 Å². The summed E-state index contributed by atoms with van der Waals surface area (Å²) < 4.78 is 5.33. The Morgan fingerprint density at radius 2 is 1.89 bits per heavy atom. The first kappa shape index (κ1) is 19.6. The fourth-order valence-corrected chi connectivity index (χ4v) is 2.95. The number of aromatic nitrogens is 2. The van der Waals surface area contributed by atoms with Gasteiger partial charge in [-0.25, -0.2) is 9.97 Å². The maximum atomic E-state index is 12.7. The molecule has 0 spiro atoms. The van der Waals surface area contributed by atoms with Crippen LogP contribution in [0.4, 0.5) is 17.3 Å². The number of ether oxygens (including phenoxy) is 1. The number of methoxy groups -OCH3 is 1. The maximum Gasteiger partial charge on any atom is 0.274 e. The average Bonchev–Trinajstić information content (AvgIpc) is 2.68. The predicted molar refractivity (Wildman–Crippen MR) is 112 cm³/mol. The average molecular weight is 397 g/mol. The van der Waals surface area contributed by atoms with Crippen LogP contribution in [0.25, 0.3) is 0 Å². The zero-order valence-corrected chi connectivity index (χ0v) is 16.7. The number of carbonyl (C=O) groups is 1. The molecule has 0 radical (unpaired) electrons. The number of rotatable bonds is 6. The lowest BCUT2D eigenvalue weighted by Crippen LogP contribution is -2.16. The standard InChI is InChI=1S/C21H21ClN4O2/c1-4-14-7-5-6-8-16(14)24-20(27)18-11-13(2)23-21(26-18)25-17-12-15(22)9-10-19(17)28-3/h5-12H,4H2,1-3H3,(H,24,27)(H,23,25,26). The largest absolute Gasteiger partial charge is 0.495 e. The van der Waals surface area contributed by atoms with Crippen molar-refractivity contribution in [1.29, 1.82) is 0 Å². The van der Waals surface area contributed by atoms with Crippen LogP contribution in [0.15, 0.2) is 48.5 Å². The van der Waals surface area contributed by atoms with Crippen molar-refractivity contribution in [3.8, 4) is 5.75 Å². The van der Waals surface area contributed by atoms with E-state index in [1.165, 1.54) is 0 Å². The van der Waals surface area contributed by atoms with Gasteiger partial charge in [-0.05, 0) is 49.2 Å². The molecule has 2 aromatic carbocycles. The highest BCUT2D eigenvalue weighted by atomic mass is 35.5. The van der Waals surface area contributed by atoms with Crippen molar-refractivity contribution in [2.75, 3.05) is 17.7 Å². The molecule has 0 aliphatic carbocycles. The normalized spacial score (nSPS) is 10.4. The van der Waals surface area contributed by atoms with E-state index in [4.69, 9.17) is 16.3 Å². The third kappa shape index (κ3) is 4.58. The number of aryl methyl sites for hydroxylation is 2. The minimum Gasteiger partial charge on any atom is -0.495 e. The van der Waals surface area contributed by atoms with E-state index in [1.807, 2.05) is 31.2 Å². The molecule has 1 heterocycles. The molecule has 3 aromatic rings. The van der Waals surface area contributed by atoms with Crippen LogP contribution < -0.4 is 15.4 Å². The first-order valence-corrected chi connectivity index (χ1v) is 9.23. The first-order chi connectivity index (χ1) is 13.5. The van der Waals surface area contributed by atoms with Crippen molar-refractivity contribution in [2.45, 2.75) is 20.3 Å². The third-order valence-corrected chi connectivity index (χ3v) is 4.38. The highest BCUT2D eigenvalue weighted by molar-refractivity contribution is 6.31. The van der Waals surface area contributed by atoms with Gasteiger partial charge in [0.25, 0.3) is 5.91 Å². The number of benzene rings is 2. The second kappa shape index (κ2) is 8.71. The zero-order chi connectivity index (χ0) is 20.1. The molecule has 1 aromatic heterocycles. The molecule has 7 heteroatoms. The van der Waals surface area contributed by atoms with Crippen molar-refractivity contribution in [2.24, 2.45) is 0 Å². The van der Waals surface area contributed by atoms with Gasteiger partial charge in [0.15, 0.2) is 0 Å². The van der Waals surface area contributed by atoms with Crippen LogP contribution >= 0.6 is 11.6 Å². The van der Waals surface area contributed by atoms with Gasteiger partial charge in [0.05, 0.1) is 12.8 Å². The molecule has 3 rings (SSSR count). The fraction of sp³-hybridized carbons (Fsp3) is 0.190. The second-order valence-corrected chi connectivity index (χ2v) is 6.59. The molecular weight excluding hydrogens is 376 g/mol. The van der Waals surface area contributed by atoms with E-state index < -0.39 is 0 Å². The van der Waals surface area contributed by atoms with Gasteiger partial charge >= 0.3 is 0 Å². The Balaban J connectivity index is 1.87. The molecular formula is C21H21ClN4O2. The molecule has 0 saturated carbocycles. The Morgan fingerprint density at radius 1 is 1.11 bits per heavy atom. The molecule has 1 amide bonds. The third-order valence-electron chi connectivity index (χ3n) is 4.14. The quantitative estimate of drug-likeness (QED) is 0.612. The van der Waals surface area contributed by atoms with Crippen LogP contribution in [-0.4, -0.2) is 23.0 Å².